The van der Waals surface area contributed by atoms with Crippen LogP contribution in [-0.4, -0.2) is 24.6 Å². The number of esters is 2. The first-order valence-electron chi connectivity index (χ1n) is 13.4. The number of hydrogen-bond donors (Lipinski definition) is 0. The van der Waals surface area contributed by atoms with E-state index >= 15 is 0 Å². The number of allylic oxidation sites excluding steroid dienone is 2. The van der Waals surface area contributed by atoms with Crippen molar-refractivity contribution in [2.24, 2.45) is 40.4 Å². The molecule has 3 fully saturated rings. The Morgan fingerprint density at radius 3 is 2.67 bits per heavy atom. The first-order chi connectivity index (χ1) is 15.7. The van der Waals surface area contributed by atoms with Crippen LogP contribution in [0, 0.1) is 40.4 Å². The summed E-state index contributed by atoms with van der Waals surface area (Å²) in [5.74, 6) is 3.32. The lowest BCUT2D eigenvalue weighted by Crippen LogP contribution is -2.51. The van der Waals surface area contributed by atoms with Crippen molar-refractivity contribution in [3.8, 4) is 0 Å². The molecule has 0 heterocycles. The van der Waals surface area contributed by atoms with E-state index in [1.807, 2.05) is 13.0 Å². The molecule has 0 aliphatic heterocycles. The summed E-state index contributed by atoms with van der Waals surface area (Å²) >= 11 is 0. The summed E-state index contributed by atoms with van der Waals surface area (Å²) in [6.45, 7) is 11.3. The van der Waals surface area contributed by atoms with Gasteiger partial charge in [0.1, 0.15) is 6.10 Å². The van der Waals surface area contributed by atoms with Crippen molar-refractivity contribution in [2.75, 3.05) is 6.61 Å². The molecule has 8 atom stereocenters. The number of fused-ring (bicyclic) bond motifs is 5. The van der Waals surface area contributed by atoms with Crippen LogP contribution in [0.25, 0.3) is 0 Å². The van der Waals surface area contributed by atoms with Crippen molar-refractivity contribution < 1.29 is 19.1 Å². The van der Waals surface area contributed by atoms with Crippen LogP contribution >= 0.6 is 0 Å². The molecule has 33 heavy (non-hydrogen) atoms. The van der Waals surface area contributed by atoms with Crippen LogP contribution in [0.3, 0.4) is 0 Å². The first-order valence-corrected chi connectivity index (χ1v) is 13.4. The second-order valence-corrected chi connectivity index (χ2v) is 11.8. The van der Waals surface area contributed by atoms with Gasteiger partial charge in [-0.25, -0.2) is 4.79 Å². The highest BCUT2D eigenvalue weighted by Crippen LogP contribution is 2.67. The lowest BCUT2D eigenvalue weighted by atomic mass is 9.47. The van der Waals surface area contributed by atoms with Gasteiger partial charge in [0, 0.05) is 19.4 Å². The SMILES string of the molecule is CCOC(=O)/C=C/C[C@@H](C)[C@H]1CC[C@H]2[C@@H]3CC=C4C[C@@H](OC(C)=O)CC[C@]4(C)[C@H]3CC[C@]12C. The molecule has 0 spiro atoms. The van der Waals surface area contributed by atoms with Gasteiger partial charge >= 0.3 is 11.9 Å². The van der Waals surface area contributed by atoms with E-state index in [1.54, 1.807) is 11.6 Å². The third-order valence-corrected chi connectivity index (χ3v) is 10.2. The number of hydrogen-bond acceptors (Lipinski definition) is 4. The molecule has 4 aliphatic rings. The maximum absolute atomic E-state index is 11.7. The van der Waals surface area contributed by atoms with Crippen LogP contribution < -0.4 is 0 Å². The highest BCUT2D eigenvalue weighted by Gasteiger charge is 2.59. The van der Waals surface area contributed by atoms with Gasteiger partial charge in [0.05, 0.1) is 6.61 Å². The molecule has 0 radical (unpaired) electrons. The van der Waals surface area contributed by atoms with E-state index in [4.69, 9.17) is 9.47 Å². The number of carbonyl (C=O) groups is 2. The average Bonchev–Trinajstić information content (AvgIpc) is 3.11. The van der Waals surface area contributed by atoms with Crippen molar-refractivity contribution in [2.45, 2.75) is 98.5 Å². The number of carbonyl (C=O) groups excluding carboxylic acids is 2. The van der Waals surface area contributed by atoms with Gasteiger partial charge in [-0.1, -0.05) is 38.5 Å². The van der Waals surface area contributed by atoms with Crippen molar-refractivity contribution in [1.82, 2.24) is 0 Å². The maximum Gasteiger partial charge on any atom is 0.330 e. The summed E-state index contributed by atoms with van der Waals surface area (Å²) in [6.07, 6.45) is 16.8. The Morgan fingerprint density at radius 1 is 1.15 bits per heavy atom. The predicted molar refractivity (Wildman–Crippen MR) is 130 cm³/mol. The molecule has 184 valence electrons. The van der Waals surface area contributed by atoms with Crippen LogP contribution in [0.4, 0.5) is 0 Å². The van der Waals surface area contributed by atoms with Crippen LogP contribution in [-0.2, 0) is 19.1 Å². The molecule has 4 rings (SSSR count). The zero-order valence-corrected chi connectivity index (χ0v) is 21.4. The monoisotopic (exact) mass is 456 g/mol. The fraction of sp³-hybridized carbons (Fsp3) is 0.793. The van der Waals surface area contributed by atoms with Crippen LogP contribution in [0.2, 0.25) is 0 Å². The van der Waals surface area contributed by atoms with E-state index in [0.717, 1.165) is 49.4 Å². The molecule has 0 aromatic heterocycles. The minimum atomic E-state index is -0.220. The van der Waals surface area contributed by atoms with Gasteiger partial charge in [-0.2, -0.15) is 0 Å². The molecule has 0 N–H and O–H groups in total. The fourth-order valence-corrected chi connectivity index (χ4v) is 8.67. The van der Waals surface area contributed by atoms with Crippen molar-refractivity contribution in [1.29, 1.82) is 0 Å². The van der Waals surface area contributed by atoms with Crippen LogP contribution in [0.5, 0.6) is 0 Å². The minimum absolute atomic E-state index is 0.0756. The fourth-order valence-electron chi connectivity index (χ4n) is 8.67. The quantitative estimate of drug-likeness (QED) is 0.255. The summed E-state index contributed by atoms with van der Waals surface area (Å²) in [4.78, 5) is 23.2. The summed E-state index contributed by atoms with van der Waals surface area (Å²) in [5, 5.41) is 0. The maximum atomic E-state index is 11.7. The topological polar surface area (TPSA) is 52.6 Å². The van der Waals surface area contributed by atoms with E-state index in [1.165, 1.54) is 39.0 Å². The summed E-state index contributed by atoms with van der Waals surface area (Å²) in [7, 11) is 0. The summed E-state index contributed by atoms with van der Waals surface area (Å²) < 4.78 is 10.6. The highest BCUT2D eigenvalue weighted by atomic mass is 16.5. The lowest BCUT2D eigenvalue weighted by molar-refractivity contribution is -0.148. The van der Waals surface area contributed by atoms with Crippen LogP contribution in [0.1, 0.15) is 92.4 Å². The van der Waals surface area contributed by atoms with E-state index < -0.39 is 0 Å². The highest BCUT2D eigenvalue weighted by molar-refractivity contribution is 5.81. The summed E-state index contributed by atoms with van der Waals surface area (Å²) in [5.41, 5.74) is 2.26. The van der Waals surface area contributed by atoms with E-state index in [0.29, 0.717) is 17.9 Å². The van der Waals surface area contributed by atoms with E-state index in [9.17, 15) is 9.59 Å². The molecular formula is C29H44O4. The third-order valence-electron chi connectivity index (χ3n) is 10.2. The lowest BCUT2D eigenvalue weighted by Gasteiger charge is -2.58. The van der Waals surface area contributed by atoms with Gasteiger partial charge in [0.2, 0.25) is 0 Å². The zero-order valence-electron chi connectivity index (χ0n) is 21.4. The van der Waals surface area contributed by atoms with Gasteiger partial charge in [-0.05, 0) is 98.7 Å². The molecule has 4 aliphatic carbocycles. The molecule has 0 saturated heterocycles. The van der Waals surface area contributed by atoms with E-state index in [2.05, 4.69) is 26.8 Å². The van der Waals surface area contributed by atoms with Gasteiger partial charge < -0.3 is 9.47 Å². The molecule has 0 aromatic carbocycles. The Balaban J connectivity index is 1.45. The zero-order chi connectivity index (χ0) is 23.8. The number of rotatable bonds is 6. The Kier molecular flexibility index (Phi) is 7.13. The molecule has 3 saturated carbocycles. The Hall–Kier alpha value is -1.58. The second-order valence-electron chi connectivity index (χ2n) is 11.8. The van der Waals surface area contributed by atoms with Crippen molar-refractivity contribution in [3.63, 3.8) is 0 Å². The Morgan fingerprint density at radius 2 is 1.94 bits per heavy atom. The third kappa shape index (κ3) is 4.56. The molecule has 0 bridgehead atoms. The number of ether oxygens (including phenoxy) is 2. The van der Waals surface area contributed by atoms with Gasteiger partial charge in [-0.3, -0.25) is 4.79 Å². The molecule has 0 aromatic rings. The molecule has 4 heteroatoms. The minimum Gasteiger partial charge on any atom is -0.463 e. The smallest absolute Gasteiger partial charge is 0.330 e. The van der Waals surface area contributed by atoms with Gasteiger partial charge in [0.15, 0.2) is 0 Å². The van der Waals surface area contributed by atoms with Gasteiger partial charge in [-0.15, -0.1) is 0 Å². The normalized spacial score (nSPS) is 40.9. The standard InChI is InChI=1S/C29H44O4/c1-6-32-27(31)9-7-8-19(2)24-12-13-25-23-11-10-21-18-22(33-20(3)30)14-16-28(21,4)26(23)15-17-29(24,25)5/h7,9-10,19,22-26H,6,8,11-18H2,1-5H3/b9-7+/t19-,22+,23+,24-,25+,26+,28+,29-/m1/s1. The van der Waals surface area contributed by atoms with Crippen molar-refractivity contribution in [3.05, 3.63) is 23.8 Å². The van der Waals surface area contributed by atoms with Gasteiger partial charge in [0.25, 0.3) is 0 Å². The van der Waals surface area contributed by atoms with Crippen molar-refractivity contribution >= 4 is 11.9 Å². The Bertz CT molecular complexity index is 812. The summed E-state index contributed by atoms with van der Waals surface area (Å²) in [6, 6.07) is 0. The average molecular weight is 457 g/mol. The van der Waals surface area contributed by atoms with Crippen LogP contribution in [0.15, 0.2) is 23.8 Å². The predicted octanol–water partition coefficient (Wildman–Crippen LogP) is 6.64. The largest absolute Gasteiger partial charge is 0.463 e. The Labute approximate surface area is 200 Å². The molecule has 0 unspecified atom stereocenters. The van der Waals surface area contributed by atoms with E-state index in [-0.39, 0.29) is 23.5 Å². The molecular weight excluding hydrogens is 412 g/mol. The molecule has 4 nitrogen and oxygen atoms in total. The first kappa shape index (κ1) is 24.5. The second kappa shape index (κ2) is 9.58. The molecule has 0 amide bonds.